The van der Waals surface area contributed by atoms with Crippen molar-refractivity contribution in [2.24, 2.45) is 0 Å². The van der Waals surface area contributed by atoms with Gasteiger partial charge in [0.25, 0.3) is 0 Å². The monoisotopic (exact) mass is 362 g/mol. The van der Waals surface area contributed by atoms with Gasteiger partial charge in [-0.25, -0.2) is 0 Å². The van der Waals surface area contributed by atoms with E-state index >= 15 is 0 Å². The smallest absolute Gasteiger partial charge is 0.240 e. The number of hydrogen-bond acceptors (Lipinski definition) is 2. The first-order valence-corrected chi connectivity index (χ1v) is 11.1. The van der Waals surface area contributed by atoms with Crippen molar-refractivity contribution in [2.75, 3.05) is 0 Å². The predicted octanol–water partition coefficient (Wildman–Crippen LogP) is 5.93. The molecule has 0 radical (unpaired) electrons. The minimum Gasteiger partial charge on any atom is -0.296 e. The van der Waals surface area contributed by atoms with Crippen molar-refractivity contribution >= 4 is 26.1 Å². The SMILES string of the molecule is CC(C)(C)P(OP(=O)(c1ccccc1)C(C)(C)C)c1ccccc1. The molecule has 0 N–H and O–H groups in total. The van der Waals surface area contributed by atoms with E-state index in [1.54, 1.807) is 0 Å². The molecule has 0 aliphatic carbocycles. The molecule has 0 spiro atoms. The molecule has 130 valence electrons. The standard InChI is InChI=1S/C20H28O2P2/c1-19(2,3)23(17-13-9-7-10-14-17)22-24(21,20(4,5)6)18-15-11-8-12-16-18/h7-16H,1-6H3. The lowest BCUT2D eigenvalue weighted by Crippen LogP contribution is -2.28. The molecule has 2 nitrogen and oxygen atoms in total. The van der Waals surface area contributed by atoms with Gasteiger partial charge in [-0.05, 0) is 12.1 Å². The van der Waals surface area contributed by atoms with Crippen LogP contribution in [0.5, 0.6) is 0 Å². The molecular weight excluding hydrogens is 334 g/mol. The Morgan fingerprint density at radius 2 is 1.25 bits per heavy atom. The van der Waals surface area contributed by atoms with Crippen LogP contribution in [0.1, 0.15) is 41.5 Å². The Morgan fingerprint density at radius 3 is 1.67 bits per heavy atom. The van der Waals surface area contributed by atoms with Gasteiger partial charge in [0, 0.05) is 20.9 Å². The van der Waals surface area contributed by atoms with Gasteiger partial charge >= 0.3 is 0 Å². The minimum atomic E-state index is -3.04. The van der Waals surface area contributed by atoms with Gasteiger partial charge in [-0.15, -0.1) is 0 Å². The van der Waals surface area contributed by atoms with Crippen LogP contribution < -0.4 is 10.6 Å². The van der Waals surface area contributed by atoms with Crippen molar-refractivity contribution in [1.29, 1.82) is 0 Å². The maximum atomic E-state index is 14.1. The van der Waals surface area contributed by atoms with Crippen molar-refractivity contribution in [2.45, 2.75) is 51.9 Å². The second-order valence-corrected chi connectivity index (χ2v) is 14.0. The number of benzene rings is 2. The zero-order valence-electron chi connectivity index (χ0n) is 15.5. The molecule has 0 aliphatic heterocycles. The second kappa shape index (κ2) is 7.12. The van der Waals surface area contributed by atoms with Crippen LogP contribution in [-0.2, 0) is 8.88 Å². The van der Waals surface area contributed by atoms with E-state index in [4.69, 9.17) is 4.31 Å². The van der Waals surface area contributed by atoms with E-state index in [2.05, 4.69) is 32.9 Å². The maximum absolute atomic E-state index is 14.1. The fraction of sp³-hybridized carbons (Fsp3) is 0.400. The topological polar surface area (TPSA) is 26.3 Å². The van der Waals surface area contributed by atoms with Gasteiger partial charge in [-0.3, -0.25) is 8.88 Å². The van der Waals surface area contributed by atoms with Gasteiger partial charge in [0.2, 0.25) is 7.37 Å². The quantitative estimate of drug-likeness (QED) is 0.631. The Morgan fingerprint density at radius 1 is 0.792 bits per heavy atom. The van der Waals surface area contributed by atoms with Crippen LogP contribution in [-0.4, -0.2) is 10.3 Å². The third-order valence-electron chi connectivity index (χ3n) is 3.78. The van der Waals surface area contributed by atoms with Crippen molar-refractivity contribution < 1.29 is 8.88 Å². The molecule has 4 heteroatoms. The summed E-state index contributed by atoms with van der Waals surface area (Å²) in [5.74, 6) is 0. The molecule has 0 saturated heterocycles. The first kappa shape index (κ1) is 19.4. The largest absolute Gasteiger partial charge is 0.296 e. The zero-order chi connectivity index (χ0) is 18.0. The highest BCUT2D eigenvalue weighted by atomic mass is 31.2. The molecule has 2 rings (SSSR count). The lowest BCUT2D eigenvalue weighted by Gasteiger charge is -2.38. The molecule has 2 atom stereocenters. The van der Waals surface area contributed by atoms with E-state index in [-0.39, 0.29) is 5.16 Å². The summed E-state index contributed by atoms with van der Waals surface area (Å²) in [5, 5.41) is 1.35. The van der Waals surface area contributed by atoms with Crippen molar-refractivity contribution in [1.82, 2.24) is 0 Å². The second-order valence-electron chi connectivity index (χ2n) is 7.94. The Labute approximate surface area is 147 Å². The van der Waals surface area contributed by atoms with E-state index < -0.39 is 20.7 Å². The highest BCUT2D eigenvalue weighted by Gasteiger charge is 2.44. The van der Waals surface area contributed by atoms with Gasteiger partial charge in [0.05, 0.1) is 8.15 Å². The highest BCUT2D eigenvalue weighted by molar-refractivity contribution is 7.78. The van der Waals surface area contributed by atoms with Crippen LogP contribution in [0.25, 0.3) is 0 Å². The van der Waals surface area contributed by atoms with E-state index in [9.17, 15) is 4.57 Å². The Kier molecular flexibility index (Phi) is 5.75. The van der Waals surface area contributed by atoms with Gasteiger partial charge in [0.15, 0.2) is 0 Å². The molecule has 0 bridgehead atoms. The van der Waals surface area contributed by atoms with Crippen LogP contribution in [0.2, 0.25) is 0 Å². The fourth-order valence-corrected chi connectivity index (χ4v) is 8.61. The molecule has 2 aromatic carbocycles. The molecule has 0 aromatic heterocycles. The maximum Gasteiger partial charge on any atom is 0.240 e. The van der Waals surface area contributed by atoms with Crippen LogP contribution in [0.15, 0.2) is 60.7 Å². The van der Waals surface area contributed by atoms with Gasteiger partial charge in [0.1, 0.15) is 0 Å². The Balaban J connectivity index is 2.53. The first-order valence-electron chi connectivity index (χ1n) is 8.26. The summed E-state index contributed by atoms with van der Waals surface area (Å²) in [6.45, 7) is 12.5. The average molecular weight is 362 g/mol. The molecule has 2 unspecified atom stereocenters. The average Bonchev–Trinajstić information content (AvgIpc) is 2.52. The Hall–Kier alpha value is -0.940. The summed E-state index contributed by atoms with van der Waals surface area (Å²) in [6, 6.07) is 19.8. The molecule has 2 aromatic rings. The third kappa shape index (κ3) is 4.17. The first-order chi connectivity index (χ1) is 11.1. The summed E-state index contributed by atoms with van der Waals surface area (Å²) in [4.78, 5) is 0. The Bertz CT molecular complexity index is 698. The molecule has 0 heterocycles. The highest BCUT2D eigenvalue weighted by Crippen LogP contribution is 2.68. The van der Waals surface area contributed by atoms with Crippen LogP contribution in [0.3, 0.4) is 0 Å². The minimum absolute atomic E-state index is 0.105. The van der Waals surface area contributed by atoms with E-state index in [0.717, 1.165) is 10.6 Å². The predicted molar refractivity (Wildman–Crippen MR) is 107 cm³/mol. The summed E-state index contributed by atoms with van der Waals surface area (Å²) in [6.07, 6.45) is 0. The van der Waals surface area contributed by atoms with Crippen molar-refractivity contribution in [3.63, 3.8) is 0 Å². The summed E-state index contributed by atoms with van der Waals surface area (Å²) in [7, 11) is -4.08. The molecule has 0 aliphatic rings. The normalized spacial score (nSPS) is 16.4. The van der Waals surface area contributed by atoms with Gasteiger partial charge in [-0.1, -0.05) is 90.1 Å². The van der Waals surface area contributed by atoms with Crippen LogP contribution >= 0.6 is 15.5 Å². The number of rotatable bonds is 4. The molecule has 0 amide bonds. The summed E-state index contributed by atoms with van der Waals surface area (Å²) >= 11 is 0. The van der Waals surface area contributed by atoms with Gasteiger partial charge < -0.3 is 0 Å². The lowest BCUT2D eigenvalue weighted by molar-refractivity contribution is 0.475. The van der Waals surface area contributed by atoms with Crippen LogP contribution in [0, 0.1) is 0 Å². The fourth-order valence-electron chi connectivity index (χ4n) is 2.42. The summed E-state index contributed by atoms with van der Waals surface area (Å²) in [5.41, 5.74) is 0. The van der Waals surface area contributed by atoms with E-state index in [1.807, 2.05) is 69.3 Å². The van der Waals surface area contributed by atoms with Crippen molar-refractivity contribution in [3.8, 4) is 0 Å². The van der Waals surface area contributed by atoms with Crippen LogP contribution in [0.4, 0.5) is 0 Å². The molecule has 0 saturated carbocycles. The molecule has 0 fully saturated rings. The van der Waals surface area contributed by atoms with Crippen molar-refractivity contribution in [3.05, 3.63) is 60.7 Å². The molecule has 24 heavy (non-hydrogen) atoms. The van der Waals surface area contributed by atoms with E-state index in [0.29, 0.717) is 0 Å². The van der Waals surface area contributed by atoms with Gasteiger partial charge in [-0.2, -0.15) is 0 Å². The zero-order valence-corrected chi connectivity index (χ0v) is 17.3. The lowest BCUT2D eigenvalue weighted by atomic mass is 10.3. The number of hydrogen-bond donors (Lipinski definition) is 0. The van der Waals surface area contributed by atoms with E-state index in [1.165, 1.54) is 0 Å². The summed E-state index contributed by atoms with van der Waals surface area (Å²) < 4.78 is 20.6. The third-order valence-corrected chi connectivity index (χ3v) is 10.1. The molecular formula is C20H28O2P2.